The number of hydrogen-bond acceptors (Lipinski definition) is 2. The molecule has 2 unspecified atom stereocenters. The Morgan fingerprint density at radius 3 is 2.73 bits per heavy atom. The average molecular weight is 212 g/mol. The van der Waals surface area contributed by atoms with Crippen LogP contribution < -0.4 is 11.1 Å². The minimum Gasteiger partial charge on any atom is -0.348 e. The first-order valence-electron chi connectivity index (χ1n) is 4.60. The maximum absolute atomic E-state index is 13.2. The standard InChI is InChI=1S/C10H10F2N2O/c11-6-3-1-2-5(9(6)12)10(15)14-8-4-7(8)13/h1-3,7-8H,4,13H2,(H,14,15). The predicted octanol–water partition coefficient (Wildman–Crippen LogP) is 0.794. The van der Waals surface area contributed by atoms with Gasteiger partial charge >= 0.3 is 0 Å². The number of benzene rings is 1. The van der Waals surface area contributed by atoms with Gasteiger partial charge in [-0.15, -0.1) is 0 Å². The number of halogens is 2. The van der Waals surface area contributed by atoms with Crippen LogP contribution >= 0.6 is 0 Å². The lowest BCUT2D eigenvalue weighted by Gasteiger charge is -2.04. The number of amides is 1. The summed E-state index contributed by atoms with van der Waals surface area (Å²) >= 11 is 0. The van der Waals surface area contributed by atoms with E-state index in [1.54, 1.807) is 0 Å². The molecule has 80 valence electrons. The van der Waals surface area contributed by atoms with Crippen LogP contribution in [0, 0.1) is 11.6 Å². The fraction of sp³-hybridized carbons (Fsp3) is 0.300. The van der Waals surface area contributed by atoms with Crippen LogP contribution in [0.25, 0.3) is 0 Å². The summed E-state index contributed by atoms with van der Waals surface area (Å²) in [4.78, 5) is 11.4. The zero-order chi connectivity index (χ0) is 11.0. The Morgan fingerprint density at radius 2 is 2.13 bits per heavy atom. The van der Waals surface area contributed by atoms with E-state index in [-0.39, 0.29) is 17.6 Å². The first-order chi connectivity index (χ1) is 7.09. The van der Waals surface area contributed by atoms with Crippen LogP contribution in [0.5, 0.6) is 0 Å². The van der Waals surface area contributed by atoms with E-state index in [2.05, 4.69) is 5.32 Å². The summed E-state index contributed by atoms with van der Waals surface area (Å²) in [7, 11) is 0. The third kappa shape index (κ3) is 1.97. The molecular weight excluding hydrogens is 202 g/mol. The van der Waals surface area contributed by atoms with E-state index >= 15 is 0 Å². The second kappa shape index (κ2) is 3.58. The van der Waals surface area contributed by atoms with E-state index in [0.29, 0.717) is 6.42 Å². The van der Waals surface area contributed by atoms with E-state index in [9.17, 15) is 13.6 Å². The van der Waals surface area contributed by atoms with Crippen LogP contribution in [0.4, 0.5) is 8.78 Å². The van der Waals surface area contributed by atoms with Crippen LogP contribution in [0.1, 0.15) is 16.8 Å². The molecule has 0 aliphatic heterocycles. The minimum absolute atomic E-state index is 0.0643. The van der Waals surface area contributed by atoms with Gasteiger partial charge in [-0.3, -0.25) is 4.79 Å². The van der Waals surface area contributed by atoms with Crippen LogP contribution in [0.15, 0.2) is 18.2 Å². The second-order valence-corrected chi connectivity index (χ2v) is 3.58. The smallest absolute Gasteiger partial charge is 0.254 e. The first kappa shape index (κ1) is 10.0. The Labute approximate surface area is 85.3 Å². The van der Waals surface area contributed by atoms with Gasteiger partial charge in [-0.2, -0.15) is 0 Å². The molecule has 2 rings (SSSR count). The monoisotopic (exact) mass is 212 g/mol. The van der Waals surface area contributed by atoms with Crippen LogP contribution in [0.2, 0.25) is 0 Å². The number of nitrogens with one attached hydrogen (secondary N) is 1. The molecule has 3 N–H and O–H groups in total. The van der Waals surface area contributed by atoms with Gasteiger partial charge in [0.1, 0.15) is 0 Å². The Hall–Kier alpha value is -1.49. The minimum atomic E-state index is -1.12. The van der Waals surface area contributed by atoms with Crippen molar-refractivity contribution < 1.29 is 13.6 Å². The number of hydrogen-bond donors (Lipinski definition) is 2. The zero-order valence-electron chi connectivity index (χ0n) is 7.84. The highest BCUT2D eigenvalue weighted by Crippen LogP contribution is 2.19. The Bertz CT molecular complexity index is 408. The summed E-state index contributed by atoms with van der Waals surface area (Å²) in [6.45, 7) is 0. The van der Waals surface area contributed by atoms with Crippen molar-refractivity contribution in [3.05, 3.63) is 35.4 Å². The molecule has 1 aromatic rings. The molecule has 3 nitrogen and oxygen atoms in total. The predicted molar refractivity (Wildman–Crippen MR) is 50.2 cm³/mol. The first-order valence-corrected chi connectivity index (χ1v) is 4.60. The SMILES string of the molecule is NC1CC1NC(=O)c1cccc(F)c1F. The summed E-state index contributed by atoms with van der Waals surface area (Å²) in [5.41, 5.74) is 5.20. The maximum atomic E-state index is 13.2. The summed E-state index contributed by atoms with van der Waals surface area (Å²) in [6, 6.07) is 3.32. The van der Waals surface area contributed by atoms with Crippen molar-refractivity contribution in [2.24, 2.45) is 5.73 Å². The van der Waals surface area contributed by atoms with Gasteiger partial charge in [-0.25, -0.2) is 8.78 Å². The third-order valence-electron chi connectivity index (χ3n) is 2.35. The topological polar surface area (TPSA) is 55.1 Å². The summed E-state index contributed by atoms with van der Waals surface area (Å²) in [6.07, 6.45) is 0.683. The van der Waals surface area contributed by atoms with Gasteiger partial charge in [0, 0.05) is 12.1 Å². The van der Waals surface area contributed by atoms with Crippen molar-refractivity contribution >= 4 is 5.91 Å². The molecular formula is C10H10F2N2O. The lowest BCUT2D eigenvalue weighted by molar-refractivity contribution is 0.0945. The van der Waals surface area contributed by atoms with Gasteiger partial charge < -0.3 is 11.1 Å². The molecule has 1 amide bonds. The average Bonchev–Trinajstić information content (AvgIpc) is 2.86. The Kier molecular flexibility index (Phi) is 2.40. The molecule has 5 heteroatoms. The molecule has 15 heavy (non-hydrogen) atoms. The Balaban J connectivity index is 2.14. The number of rotatable bonds is 2. The highest BCUT2D eigenvalue weighted by atomic mass is 19.2. The van der Waals surface area contributed by atoms with Crippen molar-refractivity contribution in [1.82, 2.24) is 5.32 Å². The quantitative estimate of drug-likeness (QED) is 0.761. The molecule has 1 fully saturated rings. The fourth-order valence-electron chi connectivity index (χ4n) is 1.31. The van der Waals surface area contributed by atoms with Crippen molar-refractivity contribution in [1.29, 1.82) is 0 Å². The number of carbonyl (C=O) groups excluding carboxylic acids is 1. The highest BCUT2D eigenvalue weighted by Gasteiger charge is 2.35. The molecule has 0 spiro atoms. The Morgan fingerprint density at radius 1 is 1.47 bits per heavy atom. The van der Waals surface area contributed by atoms with Crippen LogP contribution in [-0.2, 0) is 0 Å². The van der Waals surface area contributed by atoms with Gasteiger partial charge in [0.05, 0.1) is 5.56 Å². The van der Waals surface area contributed by atoms with Gasteiger partial charge in [0.15, 0.2) is 11.6 Å². The summed E-state index contributed by atoms with van der Waals surface area (Å²) in [5.74, 6) is -2.77. The largest absolute Gasteiger partial charge is 0.348 e. The van der Waals surface area contributed by atoms with Gasteiger partial charge in [-0.05, 0) is 18.6 Å². The summed E-state index contributed by atoms with van der Waals surface area (Å²) in [5, 5.41) is 2.52. The van der Waals surface area contributed by atoms with E-state index in [1.165, 1.54) is 12.1 Å². The van der Waals surface area contributed by atoms with Gasteiger partial charge in [-0.1, -0.05) is 6.07 Å². The van der Waals surface area contributed by atoms with Crippen molar-refractivity contribution in [3.8, 4) is 0 Å². The van der Waals surface area contributed by atoms with Crippen molar-refractivity contribution in [2.75, 3.05) is 0 Å². The van der Waals surface area contributed by atoms with Crippen molar-refractivity contribution in [3.63, 3.8) is 0 Å². The highest BCUT2D eigenvalue weighted by molar-refractivity contribution is 5.94. The maximum Gasteiger partial charge on any atom is 0.254 e. The number of nitrogens with two attached hydrogens (primary N) is 1. The molecule has 1 aliphatic rings. The van der Waals surface area contributed by atoms with Crippen LogP contribution in [-0.4, -0.2) is 18.0 Å². The second-order valence-electron chi connectivity index (χ2n) is 3.58. The van der Waals surface area contributed by atoms with Gasteiger partial charge in [0.2, 0.25) is 0 Å². The van der Waals surface area contributed by atoms with E-state index in [0.717, 1.165) is 6.07 Å². The molecule has 1 saturated carbocycles. The molecule has 0 aromatic heterocycles. The van der Waals surface area contributed by atoms with Crippen molar-refractivity contribution in [2.45, 2.75) is 18.5 Å². The van der Waals surface area contributed by atoms with E-state index in [4.69, 9.17) is 5.73 Å². The lowest BCUT2D eigenvalue weighted by atomic mass is 10.2. The molecule has 0 bridgehead atoms. The number of carbonyl (C=O) groups is 1. The fourth-order valence-corrected chi connectivity index (χ4v) is 1.31. The van der Waals surface area contributed by atoms with Crippen LogP contribution in [0.3, 0.4) is 0 Å². The molecule has 0 saturated heterocycles. The lowest BCUT2D eigenvalue weighted by Crippen LogP contribution is -2.30. The normalized spacial score (nSPS) is 23.7. The van der Waals surface area contributed by atoms with Gasteiger partial charge in [0.25, 0.3) is 5.91 Å². The molecule has 0 radical (unpaired) electrons. The summed E-state index contributed by atoms with van der Waals surface area (Å²) < 4.78 is 25.9. The molecule has 1 aromatic carbocycles. The third-order valence-corrected chi connectivity index (χ3v) is 2.35. The zero-order valence-corrected chi connectivity index (χ0v) is 7.84. The molecule has 0 heterocycles. The molecule has 1 aliphatic carbocycles. The van der Waals surface area contributed by atoms with E-state index in [1.807, 2.05) is 0 Å². The molecule has 2 atom stereocenters. The van der Waals surface area contributed by atoms with E-state index < -0.39 is 17.5 Å².